The summed E-state index contributed by atoms with van der Waals surface area (Å²) in [6, 6.07) is 15.6. The predicted octanol–water partition coefficient (Wildman–Crippen LogP) is 5.31. The first-order chi connectivity index (χ1) is 16.2. The molecular weight excluding hydrogens is 430 g/mol. The van der Waals surface area contributed by atoms with Crippen molar-refractivity contribution in [2.45, 2.75) is 45.6 Å². The summed E-state index contributed by atoms with van der Waals surface area (Å²) in [5, 5.41) is 11.0. The molecule has 1 spiro atoms. The van der Waals surface area contributed by atoms with Crippen LogP contribution in [0.5, 0.6) is 0 Å². The molecule has 0 saturated carbocycles. The maximum Gasteiger partial charge on any atom is 0.433 e. The number of aryl methyl sites for hydroxylation is 3. The number of likely N-dealkylation sites (tertiary alicyclic amines) is 1. The maximum absolute atomic E-state index is 13.3. The lowest BCUT2D eigenvalue weighted by Crippen LogP contribution is -2.45. The van der Waals surface area contributed by atoms with E-state index in [1.165, 1.54) is 39.9 Å². The molecule has 0 atom stereocenters. The van der Waals surface area contributed by atoms with E-state index < -0.39 is 10.8 Å². The summed E-state index contributed by atoms with van der Waals surface area (Å²) in [4.78, 5) is 28.0. The molecule has 5 rings (SSSR count). The third kappa shape index (κ3) is 4.01. The molecule has 0 aliphatic carbocycles. The van der Waals surface area contributed by atoms with E-state index in [2.05, 4.69) is 49.9 Å². The first kappa shape index (κ1) is 22.3. The summed E-state index contributed by atoms with van der Waals surface area (Å²) >= 11 is 0. The fourth-order valence-corrected chi connectivity index (χ4v) is 5.62. The molecule has 0 N–H and O–H groups in total. The van der Waals surface area contributed by atoms with E-state index in [-0.39, 0.29) is 17.1 Å². The quantitative estimate of drug-likeness (QED) is 0.390. The molecule has 0 unspecified atom stereocenters. The van der Waals surface area contributed by atoms with Crippen LogP contribution in [0.2, 0.25) is 0 Å². The second-order valence-corrected chi connectivity index (χ2v) is 9.86. The highest BCUT2D eigenvalue weighted by Gasteiger charge is 2.47. The largest absolute Gasteiger partial charge is 0.433 e. The maximum atomic E-state index is 13.3. The zero-order chi connectivity index (χ0) is 24.0. The van der Waals surface area contributed by atoms with Gasteiger partial charge in [-0.05, 0) is 70.0 Å². The van der Waals surface area contributed by atoms with Crippen LogP contribution < -0.4 is 4.90 Å². The molecule has 2 aliphatic rings. The Kier molecular flexibility index (Phi) is 5.52. The third-order valence-corrected chi connectivity index (χ3v) is 7.20. The van der Waals surface area contributed by atoms with Gasteiger partial charge in [-0.2, -0.15) is 0 Å². The Morgan fingerprint density at radius 1 is 1.00 bits per heavy atom. The zero-order valence-corrected chi connectivity index (χ0v) is 19.8. The normalized spacial score (nSPS) is 17.2. The smallest absolute Gasteiger partial charge is 0.395 e. The number of carbonyl (C=O) groups is 1. The van der Waals surface area contributed by atoms with Crippen molar-refractivity contribution in [2.75, 3.05) is 24.5 Å². The number of carbonyl (C=O) groups excluding carboxylic acids is 1. The first-order valence-corrected chi connectivity index (χ1v) is 11.7. The highest BCUT2D eigenvalue weighted by Crippen LogP contribution is 2.48. The van der Waals surface area contributed by atoms with E-state index in [1.807, 2.05) is 12.1 Å². The van der Waals surface area contributed by atoms with Gasteiger partial charge in [0.2, 0.25) is 0 Å². The van der Waals surface area contributed by atoms with Gasteiger partial charge in [0.25, 0.3) is 5.91 Å². The lowest BCUT2D eigenvalue weighted by atomic mass is 9.74. The minimum atomic E-state index is -0.620. The number of rotatable bonds is 4. The Morgan fingerprint density at radius 3 is 2.35 bits per heavy atom. The molecule has 7 nitrogen and oxygen atoms in total. The van der Waals surface area contributed by atoms with Gasteiger partial charge in [0.15, 0.2) is 5.76 Å². The van der Waals surface area contributed by atoms with Crippen LogP contribution in [0.4, 0.5) is 11.6 Å². The number of piperidine rings is 1. The molecule has 1 fully saturated rings. The van der Waals surface area contributed by atoms with Crippen molar-refractivity contribution < 1.29 is 14.1 Å². The summed E-state index contributed by atoms with van der Waals surface area (Å²) in [6.45, 7) is 9.75. The summed E-state index contributed by atoms with van der Waals surface area (Å²) in [5.41, 5.74) is 7.05. The number of hydrogen-bond acceptors (Lipinski definition) is 5. The highest BCUT2D eigenvalue weighted by molar-refractivity contribution is 6.06. The average Bonchev–Trinajstić information content (AvgIpc) is 3.39. The van der Waals surface area contributed by atoms with Gasteiger partial charge in [-0.3, -0.25) is 19.8 Å². The number of fused-ring (bicyclic) bond motifs is 2. The zero-order valence-electron chi connectivity index (χ0n) is 19.8. The molecule has 0 radical (unpaired) electrons. The van der Waals surface area contributed by atoms with E-state index in [4.69, 9.17) is 4.42 Å². The molecule has 1 amide bonds. The summed E-state index contributed by atoms with van der Waals surface area (Å²) < 4.78 is 5.24. The van der Waals surface area contributed by atoms with Gasteiger partial charge in [0.1, 0.15) is 4.92 Å². The van der Waals surface area contributed by atoms with Crippen molar-refractivity contribution in [3.8, 4) is 0 Å². The van der Waals surface area contributed by atoms with Crippen LogP contribution in [-0.2, 0) is 12.0 Å². The van der Waals surface area contributed by atoms with Crippen molar-refractivity contribution in [1.29, 1.82) is 0 Å². The summed E-state index contributed by atoms with van der Waals surface area (Å²) in [7, 11) is 0. The number of hydrogen-bond donors (Lipinski definition) is 0. The van der Waals surface area contributed by atoms with Crippen molar-refractivity contribution in [3.05, 3.63) is 92.2 Å². The molecule has 3 heterocycles. The van der Waals surface area contributed by atoms with E-state index >= 15 is 0 Å². The monoisotopic (exact) mass is 459 g/mol. The molecule has 34 heavy (non-hydrogen) atoms. The van der Waals surface area contributed by atoms with Crippen LogP contribution >= 0.6 is 0 Å². The first-order valence-electron chi connectivity index (χ1n) is 11.7. The molecular formula is C27H29N3O4. The number of nitrogens with zero attached hydrogens (tertiary/aromatic N) is 3. The van der Waals surface area contributed by atoms with Crippen LogP contribution in [0.25, 0.3) is 0 Å². The number of benzene rings is 2. The number of anilines is 1. The number of nitro groups is 1. The van der Waals surface area contributed by atoms with Gasteiger partial charge in [-0.25, -0.2) is 0 Å². The molecule has 2 aliphatic heterocycles. The van der Waals surface area contributed by atoms with Crippen LogP contribution in [0.15, 0.2) is 52.9 Å². The molecule has 176 valence electrons. The summed E-state index contributed by atoms with van der Waals surface area (Å²) in [5.74, 6) is -0.739. The van der Waals surface area contributed by atoms with Gasteiger partial charge < -0.3 is 9.32 Å². The highest BCUT2D eigenvalue weighted by atomic mass is 16.6. The fraction of sp³-hybridized carbons (Fsp3) is 0.370. The van der Waals surface area contributed by atoms with Crippen LogP contribution in [0, 0.1) is 30.9 Å². The lowest BCUT2D eigenvalue weighted by Gasteiger charge is -2.40. The van der Waals surface area contributed by atoms with Crippen LogP contribution in [-0.4, -0.2) is 35.4 Å². The van der Waals surface area contributed by atoms with E-state index in [9.17, 15) is 14.9 Å². The second-order valence-electron chi connectivity index (χ2n) is 9.86. The number of amides is 1. The van der Waals surface area contributed by atoms with Gasteiger partial charge in [-0.1, -0.05) is 47.0 Å². The summed E-state index contributed by atoms with van der Waals surface area (Å²) in [6.07, 6.45) is 1.91. The van der Waals surface area contributed by atoms with Crippen molar-refractivity contribution in [3.63, 3.8) is 0 Å². The van der Waals surface area contributed by atoms with Crippen molar-refractivity contribution in [2.24, 2.45) is 0 Å². The topological polar surface area (TPSA) is 79.8 Å². The Bertz CT molecular complexity index is 1250. The van der Waals surface area contributed by atoms with Crippen LogP contribution in [0.1, 0.15) is 51.2 Å². The fourth-order valence-electron chi connectivity index (χ4n) is 5.62. The van der Waals surface area contributed by atoms with Gasteiger partial charge in [0.05, 0.1) is 6.07 Å². The molecule has 1 aromatic heterocycles. The Balaban J connectivity index is 1.38. The molecule has 0 bridgehead atoms. The lowest BCUT2D eigenvalue weighted by molar-refractivity contribution is -0.402. The van der Waals surface area contributed by atoms with E-state index in [0.29, 0.717) is 6.54 Å². The third-order valence-electron chi connectivity index (χ3n) is 7.20. The molecule has 1 saturated heterocycles. The second kappa shape index (κ2) is 8.40. The van der Waals surface area contributed by atoms with Crippen molar-refractivity contribution in [1.82, 2.24) is 4.90 Å². The van der Waals surface area contributed by atoms with Crippen molar-refractivity contribution >= 4 is 17.5 Å². The molecule has 7 heteroatoms. The standard InChI is InChI=1S/C27H29N3O4/c1-18-4-5-23-22(15-18)27(17-29(23)26(31)24-6-7-25(34-24)30(32)33)8-10-28(11-9-27)16-21-13-19(2)12-20(3)14-21/h4-7,12-15H,8-11,16-17H2,1-3H3. The molecule has 3 aromatic rings. The Hall–Kier alpha value is -3.45. The van der Waals surface area contributed by atoms with Gasteiger partial charge in [-0.15, -0.1) is 0 Å². The minimum absolute atomic E-state index is 0.00234. The Morgan fingerprint density at radius 2 is 1.71 bits per heavy atom. The number of furan rings is 1. The van der Waals surface area contributed by atoms with Gasteiger partial charge in [0, 0.05) is 24.2 Å². The minimum Gasteiger partial charge on any atom is -0.395 e. The van der Waals surface area contributed by atoms with E-state index in [0.717, 1.165) is 38.2 Å². The van der Waals surface area contributed by atoms with E-state index in [1.54, 1.807) is 4.90 Å². The SMILES string of the molecule is Cc1cc(C)cc(CN2CCC3(CC2)CN(C(=O)c2ccc([N+](=O)[O-])o2)c2ccc(C)cc23)c1. The average molecular weight is 460 g/mol. The van der Waals surface area contributed by atoms with Gasteiger partial charge >= 0.3 is 5.88 Å². The predicted molar refractivity (Wildman–Crippen MR) is 130 cm³/mol. The Labute approximate surface area is 199 Å². The van der Waals surface area contributed by atoms with Crippen LogP contribution in [0.3, 0.4) is 0 Å². The molecule has 2 aromatic carbocycles.